The lowest BCUT2D eigenvalue weighted by atomic mass is 10.1. The van der Waals surface area contributed by atoms with E-state index in [1.54, 1.807) is 42.5 Å². The third-order valence-corrected chi connectivity index (χ3v) is 5.95. The van der Waals surface area contributed by atoms with Gasteiger partial charge in [0, 0.05) is 10.9 Å². The fraction of sp³-hybridized carbons (Fsp3) is 0.235. The van der Waals surface area contributed by atoms with E-state index in [4.69, 9.17) is 4.42 Å². The number of nitrogens with one attached hydrogen (secondary N) is 1. The molecule has 0 aliphatic rings. The molecule has 24 heavy (non-hydrogen) atoms. The predicted octanol–water partition coefficient (Wildman–Crippen LogP) is 3.81. The van der Waals surface area contributed by atoms with Gasteiger partial charge in [-0.15, -0.1) is 11.3 Å². The van der Waals surface area contributed by atoms with Gasteiger partial charge in [-0.05, 0) is 50.6 Å². The monoisotopic (exact) mass is 362 g/mol. The Hall–Kier alpha value is -1.96. The fourth-order valence-corrected chi connectivity index (χ4v) is 4.27. The number of rotatable bonds is 5. The molecule has 2 aromatic heterocycles. The fourth-order valence-electron chi connectivity index (χ4n) is 2.43. The summed E-state index contributed by atoms with van der Waals surface area (Å²) in [5.74, 6) is 1.34. The minimum Gasteiger partial charge on any atom is -0.465 e. The van der Waals surface area contributed by atoms with Crippen molar-refractivity contribution < 1.29 is 12.8 Å². The third-order valence-electron chi connectivity index (χ3n) is 3.61. The van der Waals surface area contributed by atoms with E-state index in [1.165, 1.54) is 0 Å². The van der Waals surface area contributed by atoms with Crippen LogP contribution in [0.2, 0.25) is 0 Å². The number of hydrogen-bond donors (Lipinski definition) is 1. The van der Waals surface area contributed by atoms with Gasteiger partial charge < -0.3 is 4.42 Å². The molecule has 2 heterocycles. The molecule has 0 saturated heterocycles. The van der Waals surface area contributed by atoms with Crippen LogP contribution in [0, 0.1) is 20.8 Å². The molecule has 0 radical (unpaired) electrons. The highest BCUT2D eigenvalue weighted by Gasteiger charge is 2.18. The Morgan fingerprint density at radius 3 is 2.54 bits per heavy atom. The number of hydrogen-bond acceptors (Lipinski definition) is 5. The molecule has 0 amide bonds. The van der Waals surface area contributed by atoms with E-state index in [1.807, 2.05) is 25.3 Å². The van der Waals surface area contributed by atoms with Gasteiger partial charge in [-0.3, -0.25) is 0 Å². The van der Waals surface area contributed by atoms with Gasteiger partial charge in [0.25, 0.3) is 0 Å². The Morgan fingerprint density at radius 2 is 1.96 bits per heavy atom. The second-order valence-corrected chi connectivity index (χ2v) is 8.37. The number of aryl methyl sites for hydroxylation is 3. The van der Waals surface area contributed by atoms with Crippen LogP contribution >= 0.6 is 11.3 Å². The Bertz CT molecular complexity index is 971. The number of furan rings is 1. The standard InChI is InChI=1S/C17H18N2O3S2/c1-11-8-14(16-10-23-13(3)19-16)5-7-17(11)24(20,21)18-9-15-6-4-12(2)22-15/h4-8,10,18H,9H2,1-3H3. The summed E-state index contributed by atoms with van der Waals surface area (Å²) in [4.78, 5) is 4.70. The van der Waals surface area contributed by atoms with Crippen LogP contribution in [0.1, 0.15) is 22.1 Å². The van der Waals surface area contributed by atoms with Gasteiger partial charge in [0.05, 0.1) is 22.1 Å². The van der Waals surface area contributed by atoms with E-state index in [2.05, 4.69) is 9.71 Å². The van der Waals surface area contributed by atoms with Gasteiger partial charge in [-0.25, -0.2) is 18.1 Å². The summed E-state index contributed by atoms with van der Waals surface area (Å²) >= 11 is 1.57. The molecule has 0 bridgehead atoms. The molecule has 0 atom stereocenters. The Labute approximate surface area is 145 Å². The molecule has 1 aromatic carbocycles. The van der Waals surface area contributed by atoms with Crippen LogP contribution in [-0.2, 0) is 16.6 Å². The van der Waals surface area contributed by atoms with E-state index in [0.717, 1.165) is 22.0 Å². The van der Waals surface area contributed by atoms with Crippen LogP contribution in [0.25, 0.3) is 11.3 Å². The summed E-state index contributed by atoms with van der Waals surface area (Å²) in [6.07, 6.45) is 0. The zero-order chi connectivity index (χ0) is 17.3. The normalized spacial score (nSPS) is 11.8. The minimum absolute atomic E-state index is 0.128. The first kappa shape index (κ1) is 16.9. The van der Waals surface area contributed by atoms with Crippen molar-refractivity contribution in [1.29, 1.82) is 0 Å². The van der Waals surface area contributed by atoms with E-state index < -0.39 is 10.0 Å². The first-order valence-corrected chi connectivity index (χ1v) is 9.79. The van der Waals surface area contributed by atoms with E-state index in [9.17, 15) is 8.42 Å². The zero-order valence-corrected chi connectivity index (χ0v) is 15.3. The van der Waals surface area contributed by atoms with Crippen molar-refractivity contribution in [3.05, 3.63) is 57.8 Å². The van der Waals surface area contributed by atoms with Crippen molar-refractivity contribution in [1.82, 2.24) is 9.71 Å². The predicted molar refractivity (Wildman–Crippen MR) is 94.5 cm³/mol. The van der Waals surface area contributed by atoms with E-state index in [0.29, 0.717) is 11.3 Å². The summed E-state index contributed by atoms with van der Waals surface area (Å²) in [5.41, 5.74) is 2.46. The van der Waals surface area contributed by atoms with Crippen molar-refractivity contribution >= 4 is 21.4 Å². The van der Waals surface area contributed by atoms with Crippen molar-refractivity contribution in [2.24, 2.45) is 0 Å². The summed E-state index contributed by atoms with van der Waals surface area (Å²) in [6, 6.07) is 8.82. The molecule has 1 N–H and O–H groups in total. The topological polar surface area (TPSA) is 72.2 Å². The van der Waals surface area contributed by atoms with Crippen molar-refractivity contribution in [2.75, 3.05) is 0 Å². The Morgan fingerprint density at radius 1 is 1.17 bits per heavy atom. The maximum Gasteiger partial charge on any atom is 0.241 e. The smallest absolute Gasteiger partial charge is 0.241 e. The largest absolute Gasteiger partial charge is 0.465 e. The average molecular weight is 362 g/mol. The highest BCUT2D eigenvalue weighted by molar-refractivity contribution is 7.89. The highest BCUT2D eigenvalue weighted by atomic mass is 32.2. The molecule has 0 saturated carbocycles. The van der Waals surface area contributed by atoms with Gasteiger partial charge in [0.1, 0.15) is 11.5 Å². The molecule has 0 spiro atoms. The first-order valence-electron chi connectivity index (χ1n) is 7.43. The lowest BCUT2D eigenvalue weighted by Crippen LogP contribution is -2.23. The average Bonchev–Trinajstić information content (AvgIpc) is 3.13. The third kappa shape index (κ3) is 3.58. The van der Waals surface area contributed by atoms with Crippen molar-refractivity contribution in [3.63, 3.8) is 0 Å². The number of thiazole rings is 1. The maximum absolute atomic E-state index is 12.5. The van der Waals surface area contributed by atoms with Gasteiger partial charge in [-0.2, -0.15) is 0 Å². The lowest BCUT2D eigenvalue weighted by Gasteiger charge is -2.09. The van der Waals surface area contributed by atoms with Crippen LogP contribution in [-0.4, -0.2) is 13.4 Å². The maximum atomic E-state index is 12.5. The Balaban J connectivity index is 1.82. The van der Waals surface area contributed by atoms with Gasteiger partial charge in [0.2, 0.25) is 10.0 Å². The Kier molecular flexibility index (Phi) is 4.58. The molecule has 0 unspecified atom stereocenters. The van der Waals surface area contributed by atoms with Crippen molar-refractivity contribution in [2.45, 2.75) is 32.2 Å². The molecule has 5 nitrogen and oxygen atoms in total. The molecule has 0 aliphatic carbocycles. The SMILES string of the molecule is Cc1ccc(CNS(=O)(=O)c2ccc(-c3csc(C)n3)cc2C)o1. The molecular formula is C17H18N2O3S2. The molecular weight excluding hydrogens is 344 g/mol. The lowest BCUT2D eigenvalue weighted by molar-refractivity contribution is 0.475. The summed E-state index contributed by atoms with van der Waals surface area (Å²) in [6.45, 7) is 5.68. The molecule has 3 rings (SSSR count). The number of nitrogens with zero attached hydrogens (tertiary/aromatic N) is 1. The summed E-state index contributed by atoms with van der Waals surface area (Å²) < 4.78 is 33.0. The van der Waals surface area contributed by atoms with Gasteiger partial charge in [-0.1, -0.05) is 6.07 Å². The number of aromatic nitrogens is 1. The highest BCUT2D eigenvalue weighted by Crippen LogP contribution is 2.25. The van der Waals surface area contributed by atoms with Gasteiger partial charge in [0.15, 0.2) is 0 Å². The van der Waals surface area contributed by atoms with Crippen LogP contribution in [0.3, 0.4) is 0 Å². The molecule has 7 heteroatoms. The number of benzene rings is 1. The van der Waals surface area contributed by atoms with Crippen LogP contribution < -0.4 is 4.72 Å². The van der Waals surface area contributed by atoms with Crippen LogP contribution in [0.15, 0.2) is 45.0 Å². The summed E-state index contributed by atoms with van der Waals surface area (Å²) in [5, 5.41) is 2.95. The second kappa shape index (κ2) is 6.51. The van der Waals surface area contributed by atoms with Crippen LogP contribution in [0.5, 0.6) is 0 Å². The quantitative estimate of drug-likeness (QED) is 0.749. The number of sulfonamides is 1. The van der Waals surface area contributed by atoms with Gasteiger partial charge >= 0.3 is 0 Å². The van der Waals surface area contributed by atoms with Crippen molar-refractivity contribution in [3.8, 4) is 11.3 Å². The molecule has 0 fully saturated rings. The van der Waals surface area contributed by atoms with Crippen LogP contribution in [0.4, 0.5) is 0 Å². The summed E-state index contributed by atoms with van der Waals surface area (Å²) in [7, 11) is -3.60. The first-order chi connectivity index (χ1) is 11.3. The molecule has 126 valence electrons. The zero-order valence-electron chi connectivity index (χ0n) is 13.7. The molecule has 3 aromatic rings. The van der Waals surface area contributed by atoms with E-state index in [-0.39, 0.29) is 11.4 Å². The second-order valence-electron chi connectivity index (χ2n) is 5.57. The molecule has 0 aliphatic heterocycles. The minimum atomic E-state index is -3.60. The van der Waals surface area contributed by atoms with E-state index >= 15 is 0 Å².